The average Bonchev–Trinajstić information content (AvgIpc) is 2.55. The molecule has 0 spiro atoms. The first kappa shape index (κ1) is 11.0. The second-order valence-corrected chi connectivity index (χ2v) is 4.98. The van der Waals surface area contributed by atoms with Crippen molar-refractivity contribution in [3.05, 3.63) is 0 Å². The van der Waals surface area contributed by atoms with E-state index in [1.54, 1.807) is 0 Å². The minimum atomic E-state index is 0.0636. The van der Waals surface area contributed by atoms with E-state index in [4.69, 9.17) is 4.74 Å². The van der Waals surface area contributed by atoms with E-state index in [0.29, 0.717) is 11.4 Å². The monoisotopic (exact) mass is 249 g/mol. The summed E-state index contributed by atoms with van der Waals surface area (Å²) in [5, 5.41) is 2.96. The molecule has 0 bridgehead atoms. The lowest BCUT2D eigenvalue weighted by Crippen LogP contribution is -2.41. The topological polar surface area (TPSA) is 38.3 Å². The number of carbonyl (C=O) groups excluding carboxylic acids is 1. The van der Waals surface area contributed by atoms with Crippen LogP contribution < -0.4 is 5.32 Å². The van der Waals surface area contributed by atoms with Crippen molar-refractivity contribution in [3.63, 3.8) is 0 Å². The first-order chi connectivity index (χ1) is 6.11. The van der Waals surface area contributed by atoms with Crippen molar-refractivity contribution >= 4 is 21.8 Å². The molecule has 0 aromatic heterocycles. The molecule has 3 atom stereocenters. The van der Waals surface area contributed by atoms with Gasteiger partial charge in [0.25, 0.3) is 0 Å². The van der Waals surface area contributed by atoms with Crippen molar-refractivity contribution in [1.82, 2.24) is 5.32 Å². The number of halogens is 1. The number of amides is 1. The SMILES string of the molecule is CC(Br)C(C)NC(=O)C1CCOC1. The average molecular weight is 250 g/mol. The highest BCUT2D eigenvalue weighted by Gasteiger charge is 2.25. The first-order valence-electron chi connectivity index (χ1n) is 4.63. The first-order valence-corrected chi connectivity index (χ1v) is 5.55. The van der Waals surface area contributed by atoms with Gasteiger partial charge < -0.3 is 10.1 Å². The zero-order valence-corrected chi connectivity index (χ0v) is 9.63. The smallest absolute Gasteiger partial charge is 0.225 e. The van der Waals surface area contributed by atoms with Crippen molar-refractivity contribution in [2.24, 2.45) is 5.92 Å². The highest BCUT2D eigenvalue weighted by molar-refractivity contribution is 9.09. The van der Waals surface area contributed by atoms with Crippen LogP contribution in [0.4, 0.5) is 0 Å². The lowest BCUT2D eigenvalue weighted by molar-refractivity contribution is -0.125. The van der Waals surface area contributed by atoms with Crippen LogP contribution in [0.2, 0.25) is 0 Å². The molecule has 0 saturated carbocycles. The van der Waals surface area contributed by atoms with Crippen molar-refractivity contribution in [2.45, 2.75) is 31.1 Å². The minimum absolute atomic E-state index is 0.0636. The largest absolute Gasteiger partial charge is 0.381 e. The second kappa shape index (κ2) is 4.96. The molecular formula is C9H16BrNO2. The summed E-state index contributed by atoms with van der Waals surface area (Å²) in [4.78, 5) is 11.9. The number of hydrogen-bond donors (Lipinski definition) is 1. The fourth-order valence-corrected chi connectivity index (χ4v) is 1.33. The van der Waals surface area contributed by atoms with Gasteiger partial charge in [-0.15, -0.1) is 0 Å². The molecule has 13 heavy (non-hydrogen) atoms. The molecule has 76 valence electrons. The number of ether oxygens (including phenoxy) is 1. The summed E-state index contributed by atoms with van der Waals surface area (Å²) in [6.45, 7) is 5.31. The van der Waals surface area contributed by atoms with Gasteiger partial charge in [0.1, 0.15) is 0 Å². The van der Waals surface area contributed by atoms with E-state index in [-0.39, 0.29) is 17.9 Å². The van der Waals surface area contributed by atoms with Gasteiger partial charge in [0, 0.05) is 17.5 Å². The highest BCUT2D eigenvalue weighted by Crippen LogP contribution is 2.13. The molecule has 3 nitrogen and oxygen atoms in total. The van der Waals surface area contributed by atoms with Crippen LogP contribution in [0.5, 0.6) is 0 Å². The second-order valence-electron chi connectivity index (χ2n) is 3.54. The van der Waals surface area contributed by atoms with Gasteiger partial charge in [0.15, 0.2) is 0 Å². The van der Waals surface area contributed by atoms with Crippen LogP contribution >= 0.6 is 15.9 Å². The maximum atomic E-state index is 11.5. The van der Waals surface area contributed by atoms with Gasteiger partial charge >= 0.3 is 0 Å². The molecule has 4 heteroatoms. The van der Waals surface area contributed by atoms with Crippen LogP contribution in [0.1, 0.15) is 20.3 Å². The van der Waals surface area contributed by atoms with E-state index in [1.165, 1.54) is 0 Å². The van der Waals surface area contributed by atoms with Gasteiger partial charge in [-0.1, -0.05) is 22.9 Å². The van der Waals surface area contributed by atoms with Crippen LogP contribution in [0, 0.1) is 5.92 Å². The molecule has 0 aromatic carbocycles. The molecule has 3 unspecified atom stereocenters. The summed E-state index contributed by atoms with van der Waals surface area (Å²) in [6, 6.07) is 0.174. The van der Waals surface area contributed by atoms with Gasteiger partial charge in [0.2, 0.25) is 5.91 Å². The van der Waals surface area contributed by atoms with E-state index < -0.39 is 0 Å². The van der Waals surface area contributed by atoms with Crippen molar-refractivity contribution in [3.8, 4) is 0 Å². The molecule has 1 N–H and O–H groups in total. The maximum absolute atomic E-state index is 11.5. The summed E-state index contributed by atoms with van der Waals surface area (Å²) in [5.41, 5.74) is 0. The number of alkyl halides is 1. The Morgan fingerprint density at radius 3 is 2.77 bits per heavy atom. The Labute approximate surface area is 87.3 Å². The van der Waals surface area contributed by atoms with Crippen molar-refractivity contribution in [2.75, 3.05) is 13.2 Å². The summed E-state index contributed by atoms with van der Waals surface area (Å²) in [6.07, 6.45) is 0.856. The van der Waals surface area contributed by atoms with Gasteiger partial charge in [0.05, 0.1) is 12.5 Å². The molecule has 0 radical (unpaired) electrons. The van der Waals surface area contributed by atoms with Gasteiger partial charge in [-0.2, -0.15) is 0 Å². The zero-order valence-electron chi connectivity index (χ0n) is 8.05. The molecule has 0 aromatic rings. The summed E-state index contributed by atoms with van der Waals surface area (Å²) >= 11 is 3.43. The standard InChI is InChI=1S/C9H16BrNO2/c1-6(10)7(2)11-9(12)8-3-4-13-5-8/h6-8H,3-5H2,1-2H3,(H,11,12). The Morgan fingerprint density at radius 2 is 2.31 bits per heavy atom. The Balaban J connectivity index is 2.31. The molecule has 1 aliphatic heterocycles. The van der Waals surface area contributed by atoms with E-state index >= 15 is 0 Å². The number of carbonyl (C=O) groups is 1. The summed E-state index contributed by atoms with van der Waals surface area (Å²) in [5.74, 6) is 0.185. The fourth-order valence-electron chi connectivity index (χ4n) is 1.20. The van der Waals surface area contributed by atoms with Crippen LogP contribution in [0.25, 0.3) is 0 Å². The summed E-state index contributed by atoms with van der Waals surface area (Å²) < 4.78 is 5.15. The Morgan fingerprint density at radius 1 is 1.62 bits per heavy atom. The fraction of sp³-hybridized carbons (Fsp3) is 0.889. The molecule has 1 aliphatic rings. The van der Waals surface area contributed by atoms with E-state index in [9.17, 15) is 4.79 Å². The van der Waals surface area contributed by atoms with Crippen LogP contribution in [0.15, 0.2) is 0 Å². The van der Waals surface area contributed by atoms with Gasteiger partial charge in [-0.05, 0) is 13.3 Å². The lowest BCUT2D eigenvalue weighted by Gasteiger charge is -2.18. The van der Waals surface area contributed by atoms with Crippen LogP contribution in [-0.4, -0.2) is 30.0 Å². The minimum Gasteiger partial charge on any atom is -0.381 e. The summed E-state index contributed by atoms with van der Waals surface area (Å²) in [7, 11) is 0. The number of rotatable bonds is 3. The Kier molecular flexibility index (Phi) is 4.19. The van der Waals surface area contributed by atoms with Crippen LogP contribution in [-0.2, 0) is 9.53 Å². The number of hydrogen-bond acceptors (Lipinski definition) is 2. The Bertz CT molecular complexity index is 178. The predicted molar refractivity (Wildman–Crippen MR) is 54.9 cm³/mol. The van der Waals surface area contributed by atoms with E-state index in [1.807, 2.05) is 13.8 Å². The van der Waals surface area contributed by atoms with Crippen LogP contribution in [0.3, 0.4) is 0 Å². The van der Waals surface area contributed by atoms with Crippen molar-refractivity contribution < 1.29 is 9.53 Å². The third-order valence-corrected chi connectivity index (χ3v) is 3.15. The third-order valence-electron chi connectivity index (χ3n) is 2.36. The molecular weight excluding hydrogens is 234 g/mol. The molecule has 0 aliphatic carbocycles. The molecule has 1 fully saturated rings. The van der Waals surface area contributed by atoms with E-state index in [2.05, 4.69) is 21.2 Å². The van der Waals surface area contributed by atoms with Gasteiger partial charge in [-0.3, -0.25) is 4.79 Å². The third kappa shape index (κ3) is 3.27. The molecule has 1 heterocycles. The zero-order chi connectivity index (χ0) is 9.84. The normalized spacial score (nSPS) is 26.8. The van der Waals surface area contributed by atoms with E-state index in [0.717, 1.165) is 13.0 Å². The molecule has 1 rings (SSSR count). The maximum Gasteiger partial charge on any atom is 0.225 e. The Hall–Kier alpha value is -0.0900. The quantitative estimate of drug-likeness (QED) is 0.767. The molecule has 1 saturated heterocycles. The van der Waals surface area contributed by atoms with Gasteiger partial charge in [-0.25, -0.2) is 0 Å². The number of nitrogens with one attached hydrogen (secondary N) is 1. The lowest BCUT2D eigenvalue weighted by atomic mass is 10.1. The molecule has 1 amide bonds. The predicted octanol–water partition coefficient (Wildman–Crippen LogP) is 1.31. The van der Waals surface area contributed by atoms with Crippen molar-refractivity contribution in [1.29, 1.82) is 0 Å². The highest BCUT2D eigenvalue weighted by atomic mass is 79.9.